The highest BCUT2D eigenvalue weighted by atomic mass is 16.5. The molecule has 0 aromatic heterocycles. The van der Waals surface area contributed by atoms with Gasteiger partial charge in [0.1, 0.15) is 5.75 Å². The summed E-state index contributed by atoms with van der Waals surface area (Å²) >= 11 is 0. The van der Waals surface area contributed by atoms with Crippen molar-refractivity contribution in [2.24, 2.45) is 5.73 Å². The highest BCUT2D eigenvalue weighted by molar-refractivity contribution is 5.50. The molecule has 1 fully saturated rings. The second kappa shape index (κ2) is 3.26. The van der Waals surface area contributed by atoms with Gasteiger partial charge in [-0.1, -0.05) is 0 Å². The molecule has 1 aromatic carbocycles. The van der Waals surface area contributed by atoms with Gasteiger partial charge in [-0.3, -0.25) is 0 Å². The Morgan fingerprint density at radius 2 is 2.15 bits per heavy atom. The third-order valence-corrected chi connectivity index (χ3v) is 2.16. The van der Waals surface area contributed by atoms with Crippen molar-refractivity contribution in [2.75, 3.05) is 5.73 Å². The highest BCUT2D eigenvalue weighted by Gasteiger charge is 2.23. The fourth-order valence-electron chi connectivity index (χ4n) is 1.21. The molecule has 1 aromatic rings. The lowest BCUT2D eigenvalue weighted by Crippen LogP contribution is -2.03. The molecule has 1 saturated carbocycles. The molecule has 0 atom stereocenters. The summed E-state index contributed by atoms with van der Waals surface area (Å²) in [6.45, 7) is 0.466. The topological polar surface area (TPSA) is 61.3 Å². The third kappa shape index (κ3) is 1.92. The average molecular weight is 178 g/mol. The molecule has 0 unspecified atom stereocenters. The molecule has 0 saturated heterocycles. The van der Waals surface area contributed by atoms with Crippen molar-refractivity contribution < 1.29 is 4.74 Å². The lowest BCUT2D eigenvalue weighted by molar-refractivity contribution is 0.303. The van der Waals surface area contributed by atoms with Gasteiger partial charge in [-0.25, -0.2) is 0 Å². The van der Waals surface area contributed by atoms with Crippen molar-refractivity contribution in [2.45, 2.75) is 25.5 Å². The molecule has 2 rings (SSSR count). The van der Waals surface area contributed by atoms with Crippen LogP contribution in [0, 0.1) is 0 Å². The van der Waals surface area contributed by atoms with Gasteiger partial charge < -0.3 is 16.2 Å². The van der Waals surface area contributed by atoms with Crippen LogP contribution in [-0.2, 0) is 6.54 Å². The zero-order chi connectivity index (χ0) is 9.26. The summed E-state index contributed by atoms with van der Waals surface area (Å²) in [7, 11) is 0. The van der Waals surface area contributed by atoms with Crippen LogP contribution in [0.1, 0.15) is 18.4 Å². The van der Waals surface area contributed by atoms with Gasteiger partial charge in [-0.05, 0) is 36.6 Å². The minimum absolute atomic E-state index is 0.425. The standard InChI is InChI=1S/C10H14N2O/c11-6-7-5-9(3-4-10(7)12)13-8-1-2-8/h3-5,8H,1-2,6,11-12H2. The fraction of sp³-hybridized carbons (Fsp3) is 0.400. The smallest absolute Gasteiger partial charge is 0.120 e. The van der Waals surface area contributed by atoms with Crippen molar-refractivity contribution >= 4 is 5.69 Å². The molecular weight excluding hydrogens is 164 g/mol. The summed E-state index contributed by atoms with van der Waals surface area (Å²) in [5.74, 6) is 0.886. The molecule has 0 spiro atoms. The van der Waals surface area contributed by atoms with Crippen molar-refractivity contribution in [3.05, 3.63) is 23.8 Å². The quantitative estimate of drug-likeness (QED) is 0.685. The Morgan fingerprint density at radius 1 is 1.38 bits per heavy atom. The number of hydrogen-bond acceptors (Lipinski definition) is 3. The number of benzene rings is 1. The zero-order valence-electron chi connectivity index (χ0n) is 7.49. The maximum Gasteiger partial charge on any atom is 0.120 e. The molecule has 3 heteroatoms. The number of nitrogens with two attached hydrogens (primary N) is 2. The van der Waals surface area contributed by atoms with Crippen molar-refractivity contribution in [3.8, 4) is 5.75 Å². The Balaban J connectivity index is 2.16. The molecule has 0 bridgehead atoms. The minimum Gasteiger partial charge on any atom is -0.490 e. The monoisotopic (exact) mass is 178 g/mol. The van der Waals surface area contributed by atoms with E-state index in [1.165, 1.54) is 12.8 Å². The molecule has 1 aliphatic carbocycles. The third-order valence-electron chi connectivity index (χ3n) is 2.16. The van der Waals surface area contributed by atoms with Crippen molar-refractivity contribution in [3.63, 3.8) is 0 Å². The van der Waals surface area contributed by atoms with E-state index in [2.05, 4.69) is 0 Å². The lowest BCUT2D eigenvalue weighted by atomic mass is 10.2. The van der Waals surface area contributed by atoms with Gasteiger partial charge in [-0.15, -0.1) is 0 Å². The average Bonchev–Trinajstić information content (AvgIpc) is 2.92. The first kappa shape index (κ1) is 8.38. The molecule has 1 aliphatic rings. The van der Waals surface area contributed by atoms with Crippen LogP contribution in [0.2, 0.25) is 0 Å². The normalized spacial score (nSPS) is 15.8. The van der Waals surface area contributed by atoms with Crippen LogP contribution in [0.15, 0.2) is 18.2 Å². The Kier molecular flexibility index (Phi) is 2.10. The first-order valence-corrected chi connectivity index (χ1v) is 4.54. The minimum atomic E-state index is 0.425. The first-order chi connectivity index (χ1) is 6.29. The molecule has 0 amide bonds. The van der Waals surface area contributed by atoms with Crippen molar-refractivity contribution in [1.29, 1.82) is 0 Å². The van der Waals surface area contributed by atoms with Gasteiger partial charge in [0.15, 0.2) is 0 Å². The summed E-state index contributed by atoms with van der Waals surface area (Å²) in [4.78, 5) is 0. The number of ether oxygens (including phenoxy) is 1. The van der Waals surface area contributed by atoms with E-state index in [4.69, 9.17) is 16.2 Å². The SMILES string of the molecule is NCc1cc(OC2CC2)ccc1N. The predicted octanol–water partition coefficient (Wildman–Crippen LogP) is 1.27. The van der Waals surface area contributed by atoms with Gasteiger partial charge in [-0.2, -0.15) is 0 Å². The Labute approximate surface area is 77.7 Å². The Morgan fingerprint density at radius 3 is 2.77 bits per heavy atom. The van der Waals surface area contributed by atoms with E-state index in [1.807, 2.05) is 18.2 Å². The Hall–Kier alpha value is -1.22. The van der Waals surface area contributed by atoms with Gasteiger partial charge >= 0.3 is 0 Å². The maximum absolute atomic E-state index is 5.71. The van der Waals surface area contributed by atoms with Gasteiger partial charge in [0.2, 0.25) is 0 Å². The summed E-state index contributed by atoms with van der Waals surface area (Å²) in [6, 6.07) is 5.67. The van der Waals surface area contributed by atoms with Crippen LogP contribution < -0.4 is 16.2 Å². The molecule has 3 nitrogen and oxygen atoms in total. The summed E-state index contributed by atoms with van der Waals surface area (Å²) in [6.07, 6.45) is 2.76. The van der Waals surface area contributed by atoms with E-state index >= 15 is 0 Å². The maximum atomic E-state index is 5.71. The fourth-order valence-corrected chi connectivity index (χ4v) is 1.21. The zero-order valence-corrected chi connectivity index (χ0v) is 7.49. The Bertz CT molecular complexity index is 308. The van der Waals surface area contributed by atoms with E-state index in [9.17, 15) is 0 Å². The summed E-state index contributed by atoms with van der Waals surface area (Å²) < 4.78 is 5.61. The number of hydrogen-bond donors (Lipinski definition) is 2. The van der Waals surface area contributed by atoms with Crippen LogP contribution in [0.4, 0.5) is 5.69 Å². The molecule has 13 heavy (non-hydrogen) atoms. The second-order valence-corrected chi connectivity index (χ2v) is 3.38. The van der Waals surface area contributed by atoms with Crippen LogP contribution in [0.3, 0.4) is 0 Å². The van der Waals surface area contributed by atoms with Crippen LogP contribution in [-0.4, -0.2) is 6.10 Å². The summed E-state index contributed by atoms with van der Waals surface area (Å²) in [5.41, 5.74) is 12.9. The molecule has 0 radical (unpaired) electrons. The second-order valence-electron chi connectivity index (χ2n) is 3.38. The van der Waals surface area contributed by atoms with Crippen LogP contribution in [0.5, 0.6) is 5.75 Å². The van der Waals surface area contributed by atoms with Crippen LogP contribution >= 0.6 is 0 Å². The van der Waals surface area contributed by atoms with Gasteiger partial charge in [0.25, 0.3) is 0 Å². The number of nitrogen functional groups attached to an aromatic ring is 1. The van der Waals surface area contributed by atoms with E-state index in [0.29, 0.717) is 12.6 Å². The van der Waals surface area contributed by atoms with E-state index in [1.54, 1.807) is 0 Å². The van der Waals surface area contributed by atoms with E-state index in [-0.39, 0.29) is 0 Å². The largest absolute Gasteiger partial charge is 0.490 e. The molecule has 70 valence electrons. The van der Waals surface area contributed by atoms with E-state index in [0.717, 1.165) is 17.0 Å². The summed E-state index contributed by atoms with van der Waals surface area (Å²) in [5, 5.41) is 0. The molecule has 0 heterocycles. The number of anilines is 1. The molecule has 4 N–H and O–H groups in total. The predicted molar refractivity (Wildman–Crippen MR) is 52.4 cm³/mol. The molecular formula is C10H14N2O. The first-order valence-electron chi connectivity index (χ1n) is 4.54. The number of rotatable bonds is 3. The van der Waals surface area contributed by atoms with Crippen molar-refractivity contribution in [1.82, 2.24) is 0 Å². The lowest BCUT2D eigenvalue weighted by Gasteiger charge is -2.07. The van der Waals surface area contributed by atoms with Crippen LogP contribution in [0.25, 0.3) is 0 Å². The van der Waals surface area contributed by atoms with E-state index < -0.39 is 0 Å². The van der Waals surface area contributed by atoms with Gasteiger partial charge in [0, 0.05) is 12.2 Å². The molecule has 0 aliphatic heterocycles. The van der Waals surface area contributed by atoms with Gasteiger partial charge in [0.05, 0.1) is 6.10 Å². The highest BCUT2D eigenvalue weighted by Crippen LogP contribution is 2.28.